The van der Waals surface area contributed by atoms with Crippen molar-refractivity contribution >= 4 is 11.6 Å². The van der Waals surface area contributed by atoms with E-state index in [1.807, 2.05) is 25.1 Å². The van der Waals surface area contributed by atoms with Crippen LogP contribution < -0.4 is 10.1 Å². The Hall–Kier alpha value is -0.770. The first-order valence-electron chi connectivity index (χ1n) is 5.85. The smallest absolute Gasteiger partial charge is 0.189 e. The Morgan fingerprint density at radius 1 is 1.35 bits per heavy atom. The molecule has 1 aromatic rings. The molecule has 0 atom stereocenters. The lowest BCUT2D eigenvalue weighted by Crippen LogP contribution is -2.22. The quantitative estimate of drug-likeness (QED) is 0.601. The molecule has 0 saturated carbocycles. The zero-order chi connectivity index (χ0) is 12.7. The van der Waals surface area contributed by atoms with Crippen LogP contribution in [0.1, 0.15) is 26.3 Å². The van der Waals surface area contributed by atoms with Gasteiger partial charge in [0, 0.05) is 29.8 Å². The lowest BCUT2D eigenvalue weighted by molar-refractivity contribution is 0.0218. The highest BCUT2D eigenvalue weighted by atomic mass is 35.5. The minimum Gasteiger partial charge on any atom is -0.467 e. The molecule has 0 saturated heterocycles. The van der Waals surface area contributed by atoms with Gasteiger partial charge in [-0.15, -0.1) is 0 Å². The number of hydrogen-bond acceptors (Lipinski definition) is 3. The van der Waals surface area contributed by atoms with Crippen LogP contribution in [0.4, 0.5) is 0 Å². The predicted octanol–water partition coefficient (Wildman–Crippen LogP) is 3.21. The third kappa shape index (κ3) is 5.39. The van der Waals surface area contributed by atoms with E-state index < -0.39 is 0 Å². The summed E-state index contributed by atoms with van der Waals surface area (Å²) in [4.78, 5) is 0. The second kappa shape index (κ2) is 7.54. The van der Waals surface area contributed by atoms with Crippen LogP contribution in [0.3, 0.4) is 0 Å². The van der Waals surface area contributed by atoms with Gasteiger partial charge in [0.25, 0.3) is 0 Å². The van der Waals surface area contributed by atoms with Gasteiger partial charge in [-0.05, 0) is 25.1 Å². The molecule has 96 valence electrons. The number of rotatable bonds is 7. The summed E-state index contributed by atoms with van der Waals surface area (Å²) in [7, 11) is 0. The summed E-state index contributed by atoms with van der Waals surface area (Å²) in [6, 6.07) is 6.03. The molecule has 4 heteroatoms. The zero-order valence-corrected chi connectivity index (χ0v) is 11.4. The van der Waals surface area contributed by atoms with Crippen LogP contribution in [0.2, 0.25) is 5.02 Å². The van der Waals surface area contributed by atoms with Gasteiger partial charge >= 0.3 is 0 Å². The molecule has 0 unspecified atom stereocenters. The summed E-state index contributed by atoms with van der Waals surface area (Å²) in [5, 5.41) is 4.06. The minimum absolute atomic E-state index is 0.271. The zero-order valence-electron chi connectivity index (χ0n) is 10.6. The molecule has 0 radical (unpaired) electrons. The molecule has 1 aromatic carbocycles. The standard InChI is InChI=1S/C13H20ClNO2/c1-4-16-9-17-13-6-5-12(14)7-11(13)8-15-10(2)3/h5-7,10,15H,4,8-9H2,1-3H3. The van der Waals surface area contributed by atoms with E-state index in [-0.39, 0.29) is 6.79 Å². The Morgan fingerprint density at radius 2 is 2.12 bits per heavy atom. The molecule has 0 fully saturated rings. The lowest BCUT2D eigenvalue weighted by Gasteiger charge is -2.14. The summed E-state index contributed by atoms with van der Waals surface area (Å²) in [5.41, 5.74) is 1.05. The Bertz CT molecular complexity index is 342. The van der Waals surface area contributed by atoms with E-state index in [0.29, 0.717) is 17.7 Å². The first-order valence-corrected chi connectivity index (χ1v) is 6.23. The van der Waals surface area contributed by atoms with E-state index in [2.05, 4.69) is 19.2 Å². The van der Waals surface area contributed by atoms with Gasteiger partial charge in [0.05, 0.1) is 0 Å². The molecule has 0 aliphatic carbocycles. The van der Waals surface area contributed by atoms with E-state index in [9.17, 15) is 0 Å². The van der Waals surface area contributed by atoms with Crippen LogP contribution in [-0.4, -0.2) is 19.4 Å². The van der Waals surface area contributed by atoms with Gasteiger partial charge in [0.1, 0.15) is 5.75 Å². The highest BCUT2D eigenvalue weighted by Crippen LogP contribution is 2.23. The summed E-state index contributed by atoms with van der Waals surface area (Å²) in [5.74, 6) is 0.816. The third-order valence-corrected chi connectivity index (χ3v) is 2.46. The lowest BCUT2D eigenvalue weighted by atomic mass is 10.2. The molecule has 1 rings (SSSR count). The van der Waals surface area contributed by atoms with Gasteiger partial charge in [-0.3, -0.25) is 0 Å². The van der Waals surface area contributed by atoms with Crippen LogP contribution >= 0.6 is 11.6 Å². The van der Waals surface area contributed by atoms with Gasteiger partial charge in [-0.1, -0.05) is 25.4 Å². The van der Waals surface area contributed by atoms with Crippen molar-refractivity contribution in [2.45, 2.75) is 33.4 Å². The van der Waals surface area contributed by atoms with Crippen molar-refractivity contribution in [1.82, 2.24) is 5.32 Å². The van der Waals surface area contributed by atoms with Crippen LogP contribution in [-0.2, 0) is 11.3 Å². The highest BCUT2D eigenvalue weighted by molar-refractivity contribution is 6.30. The Balaban J connectivity index is 2.66. The van der Waals surface area contributed by atoms with E-state index >= 15 is 0 Å². The number of benzene rings is 1. The van der Waals surface area contributed by atoms with Gasteiger partial charge in [0.2, 0.25) is 0 Å². The van der Waals surface area contributed by atoms with Crippen molar-refractivity contribution < 1.29 is 9.47 Å². The summed E-state index contributed by atoms with van der Waals surface area (Å²) >= 11 is 5.98. The largest absolute Gasteiger partial charge is 0.467 e. The number of halogens is 1. The molecule has 0 bridgehead atoms. The second-order valence-electron chi connectivity index (χ2n) is 4.04. The summed E-state index contributed by atoms with van der Waals surface area (Å²) in [6.45, 7) is 7.79. The molecule has 0 amide bonds. The average molecular weight is 258 g/mol. The molecule has 17 heavy (non-hydrogen) atoms. The fraction of sp³-hybridized carbons (Fsp3) is 0.538. The number of nitrogens with one attached hydrogen (secondary N) is 1. The maximum atomic E-state index is 5.98. The van der Waals surface area contributed by atoms with Gasteiger partial charge < -0.3 is 14.8 Å². The predicted molar refractivity (Wildman–Crippen MR) is 70.5 cm³/mol. The van der Waals surface area contributed by atoms with E-state index in [4.69, 9.17) is 21.1 Å². The molecule has 0 aliphatic heterocycles. The van der Waals surface area contributed by atoms with Crippen LogP contribution in [0.25, 0.3) is 0 Å². The normalized spacial score (nSPS) is 10.9. The van der Waals surface area contributed by atoms with E-state index in [0.717, 1.165) is 17.9 Å². The highest BCUT2D eigenvalue weighted by Gasteiger charge is 2.05. The molecular weight excluding hydrogens is 238 g/mol. The number of hydrogen-bond donors (Lipinski definition) is 1. The van der Waals surface area contributed by atoms with Crippen LogP contribution in [0.15, 0.2) is 18.2 Å². The Morgan fingerprint density at radius 3 is 2.76 bits per heavy atom. The SMILES string of the molecule is CCOCOc1ccc(Cl)cc1CNC(C)C. The summed E-state index contributed by atoms with van der Waals surface area (Å²) < 4.78 is 10.7. The van der Waals surface area contributed by atoms with Crippen molar-refractivity contribution in [2.24, 2.45) is 0 Å². The van der Waals surface area contributed by atoms with Crippen molar-refractivity contribution in [3.63, 3.8) is 0 Å². The first kappa shape index (κ1) is 14.3. The van der Waals surface area contributed by atoms with Gasteiger partial charge in [-0.2, -0.15) is 0 Å². The van der Waals surface area contributed by atoms with Crippen molar-refractivity contribution in [3.05, 3.63) is 28.8 Å². The molecule has 0 aromatic heterocycles. The van der Waals surface area contributed by atoms with Crippen molar-refractivity contribution in [3.8, 4) is 5.75 Å². The maximum absolute atomic E-state index is 5.98. The average Bonchev–Trinajstić information content (AvgIpc) is 2.29. The van der Waals surface area contributed by atoms with E-state index in [1.54, 1.807) is 0 Å². The Labute approximate surface area is 108 Å². The fourth-order valence-corrected chi connectivity index (χ4v) is 1.52. The van der Waals surface area contributed by atoms with Crippen molar-refractivity contribution in [1.29, 1.82) is 0 Å². The molecule has 0 spiro atoms. The van der Waals surface area contributed by atoms with Crippen molar-refractivity contribution in [2.75, 3.05) is 13.4 Å². The topological polar surface area (TPSA) is 30.5 Å². The van der Waals surface area contributed by atoms with Crippen LogP contribution in [0.5, 0.6) is 5.75 Å². The van der Waals surface area contributed by atoms with Gasteiger partial charge in [-0.25, -0.2) is 0 Å². The van der Waals surface area contributed by atoms with Gasteiger partial charge in [0.15, 0.2) is 6.79 Å². The molecule has 0 aliphatic rings. The molecule has 0 heterocycles. The molecule has 3 nitrogen and oxygen atoms in total. The first-order chi connectivity index (χ1) is 8.13. The Kier molecular flexibility index (Phi) is 6.34. The van der Waals surface area contributed by atoms with Crippen LogP contribution in [0, 0.1) is 0 Å². The van der Waals surface area contributed by atoms with E-state index in [1.165, 1.54) is 0 Å². The second-order valence-corrected chi connectivity index (χ2v) is 4.48. The number of ether oxygens (including phenoxy) is 2. The maximum Gasteiger partial charge on any atom is 0.189 e. The minimum atomic E-state index is 0.271. The fourth-order valence-electron chi connectivity index (χ4n) is 1.33. The third-order valence-electron chi connectivity index (χ3n) is 2.23. The molecular formula is C13H20ClNO2. The molecule has 1 N–H and O–H groups in total. The monoisotopic (exact) mass is 257 g/mol. The summed E-state index contributed by atoms with van der Waals surface area (Å²) in [6.07, 6.45) is 0.